The number of carbonyl (C=O) groups is 1. The smallest absolute Gasteiger partial charge is 0.348 e. The standard InChI is InChI=1S/C26H33N7O2/c1-17(29-25-27-15-22-16-28-26(35)31(3)24(22)30-25)20-6-8-21(9-7-20)23(14-19-4-5-19)33-12-10-32(11-13-33)18(2)34/h6-9,15-17,19,23H,4-5,10-14H2,1-3H3,(H,27,29,30)/t17-,23?/m0/s1. The molecule has 3 heterocycles. The summed E-state index contributed by atoms with van der Waals surface area (Å²) < 4.78 is 1.43. The second-order valence-corrected chi connectivity index (χ2v) is 9.84. The Labute approximate surface area is 205 Å². The quantitative estimate of drug-likeness (QED) is 0.561. The molecule has 0 bridgehead atoms. The van der Waals surface area contributed by atoms with Crippen LogP contribution >= 0.6 is 0 Å². The summed E-state index contributed by atoms with van der Waals surface area (Å²) in [5.74, 6) is 1.47. The van der Waals surface area contributed by atoms with Crippen molar-refractivity contribution in [1.29, 1.82) is 0 Å². The molecular formula is C26H33N7O2. The van der Waals surface area contributed by atoms with E-state index < -0.39 is 0 Å². The maximum absolute atomic E-state index is 11.9. The lowest BCUT2D eigenvalue weighted by atomic mass is 9.96. The number of fused-ring (bicyclic) bond motifs is 1. The van der Waals surface area contributed by atoms with Crippen LogP contribution in [0.5, 0.6) is 0 Å². The number of piperazine rings is 1. The number of rotatable bonds is 7. The van der Waals surface area contributed by atoms with Crippen molar-refractivity contribution in [2.75, 3.05) is 31.5 Å². The molecule has 0 radical (unpaired) electrons. The van der Waals surface area contributed by atoms with E-state index in [-0.39, 0.29) is 17.6 Å². The van der Waals surface area contributed by atoms with Crippen LogP contribution in [0.4, 0.5) is 5.95 Å². The van der Waals surface area contributed by atoms with Crippen molar-refractivity contribution < 1.29 is 4.79 Å². The number of benzene rings is 1. The topological polar surface area (TPSA) is 96.3 Å². The van der Waals surface area contributed by atoms with Crippen molar-refractivity contribution >= 4 is 22.9 Å². The van der Waals surface area contributed by atoms with Gasteiger partial charge in [0.25, 0.3) is 0 Å². The summed E-state index contributed by atoms with van der Waals surface area (Å²) in [4.78, 5) is 40.8. The Morgan fingerprint density at radius 2 is 1.71 bits per heavy atom. The lowest BCUT2D eigenvalue weighted by Crippen LogP contribution is -2.49. The molecule has 2 aliphatic rings. The van der Waals surface area contributed by atoms with E-state index in [2.05, 4.69) is 56.4 Å². The molecule has 1 aromatic carbocycles. The van der Waals surface area contributed by atoms with Gasteiger partial charge in [-0.05, 0) is 30.4 Å². The summed E-state index contributed by atoms with van der Waals surface area (Å²) in [6.07, 6.45) is 7.03. The lowest BCUT2D eigenvalue weighted by molar-refractivity contribution is -0.130. The number of nitrogens with one attached hydrogen (secondary N) is 1. The minimum absolute atomic E-state index is 0.00126. The molecule has 2 fully saturated rings. The molecule has 9 nitrogen and oxygen atoms in total. The summed E-state index contributed by atoms with van der Waals surface area (Å²) in [7, 11) is 1.66. The molecular weight excluding hydrogens is 442 g/mol. The van der Waals surface area contributed by atoms with Gasteiger partial charge in [0.2, 0.25) is 11.9 Å². The van der Waals surface area contributed by atoms with Crippen molar-refractivity contribution in [1.82, 2.24) is 29.3 Å². The summed E-state index contributed by atoms with van der Waals surface area (Å²) >= 11 is 0. The van der Waals surface area contributed by atoms with Crippen LogP contribution in [0.1, 0.15) is 56.3 Å². The molecule has 1 aliphatic heterocycles. The van der Waals surface area contributed by atoms with Crippen LogP contribution < -0.4 is 11.0 Å². The van der Waals surface area contributed by atoms with E-state index in [0.717, 1.165) is 43.0 Å². The van der Waals surface area contributed by atoms with Crippen LogP contribution in [0.15, 0.2) is 41.5 Å². The number of hydrogen-bond acceptors (Lipinski definition) is 7. The van der Waals surface area contributed by atoms with Crippen molar-refractivity contribution in [3.63, 3.8) is 0 Å². The first-order chi connectivity index (χ1) is 16.9. The monoisotopic (exact) mass is 475 g/mol. The SMILES string of the molecule is CC(=O)N1CCN(C(CC2CC2)c2ccc([C@H](C)Nc3ncc4cnc(=O)n(C)c4n3)cc2)CC1. The van der Waals surface area contributed by atoms with Crippen LogP contribution in [0.2, 0.25) is 0 Å². The van der Waals surface area contributed by atoms with Gasteiger partial charge in [-0.2, -0.15) is 4.98 Å². The number of aromatic nitrogens is 4. The molecule has 35 heavy (non-hydrogen) atoms. The lowest BCUT2D eigenvalue weighted by Gasteiger charge is -2.39. The first-order valence-corrected chi connectivity index (χ1v) is 12.4. The molecule has 9 heteroatoms. The molecule has 184 valence electrons. The fourth-order valence-corrected chi connectivity index (χ4v) is 4.91. The highest BCUT2D eigenvalue weighted by molar-refractivity contribution is 5.74. The average Bonchev–Trinajstić information content (AvgIpc) is 3.70. The summed E-state index contributed by atoms with van der Waals surface area (Å²) in [6, 6.07) is 9.25. The number of anilines is 1. The first kappa shape index (κ1) is 23.4. The average molecular weight is 476 g/mol. The van der Waals surface area contributed by atoms with Gasteiger partial charge in [0.15, 0.2) is 5.65 Å². The molecule has 3 aromatic rings. The fourth-order valence-electron chi connectivity index (χ4n) is 4.91. The Kier molecular flexibility index (Phi) is 6.51. The Hall–Kier alpha value is -3.33. The number of aryl methyl sites for hydroxylation is 1. The molecule has 1 N–H and O–H groups in total. The predicted molar refractivity (Wildman–Crippen MR) is 135 cm³/mol. The number of amides is 1. The maximum Gasteiger partial charge on any atom is 0.348 e. The minimum atomic E-state index is -0.339. The fraction of sp³-hybridized carbons (Fsp3) is 0.500. The van der Waals surface area contributed by atoms with Gasteiger partial charge in [-0.25, -0.2) is 14.8 Å². The third-order valence-electron chi connectivity index (χ3n) is 7.34. The third kappa shape index (κ3) is 5.19. The van der Waals surface area contributed by atoms with Gasteiger partial charge < -0.3 is 10.2 Å². The molecule has 2 aromatic heterocycles. The van der Waals surface area contributed by atoms with Gasteiger partial charge in [0.1, 0.15) is 0 Å². The van der Waals surface area contributed by atoms with Gasteiger partial charge in [0, 0.05) is 58.6 Å². The maximum atomic E-state index is 11.9. The van der Waals surface area contributed by atoms with Crippen molar-refractivity contribution in [2.45, 2.75) is 45.2 Å². The highest BCUT2D eigenvalue weighted by Crippen LogP contribution is 2.40. The van der Waals surface area contributed by atoms with Gasteiger partial charge in [-0.3, -0.25) is 14.3 Å². The number of nitrogens with zero attached hydrogens (tertiary/aromatic N) is 6. The molecule has 0 spiro atoms. The van der Waals surface area contributed by atoms with E-state index >= 15 is 0 Å². The van der Waals surface area contributed by atoms with Crippen molar-refractivity contribution in [2.24, 2.45) is 13.0 Å². The van der Waals surface area contributed by atoms with Gasteiger partial charge in [-0.1, -0.05) is 37.1 Å². The zero-order chi connectivity index (χ0) is 24.5. The second-order valence-electron chi connectivity index (χ2n) is 9.84. The Bertz CT molecular complexity index is 1260. The van der Waals surface area contributed by atoms with Crippen molar-refractivity contribution in [3.05, 3.63) is 58.3 Å². The zero-order valence-electron chi connectivity index (χ0n) is 20.6. The summed E-state index contributed by atoms with van der Waals surface area (Å²) in [5.41, 5.74) is 2.70. The minimum Gasteiger partial charge on any atom is -0.348 e. The van der Waals surface area contributed by atoms with E-state index in [4.69, 9.17) is 0 Å². The molecule has 1 saturated carbocycles. The van der Waals surface area contributed by atoms with E-state index in [1.807, 2.05) is 4.90 Å². The Morgan fingerprint density at radius 3 is 2.37 bits per heavy atom. The normalized spacial score (nSPS) is 18.4. The molecule has 1 saturated heterocycles. The van der Waals surface area contributed by atoms with Gasteiger partial charge in [0.05, 0.1) is 11.4 Å². The van der Waals surface area contributed by atoms with Crippen LogP contribution in [-0.4, -0.2) is 61.4 Å². The second kappa shape index (κ2) is 9.73. The van der Waals surface area contributed by atoms with Crippen LogP contribution in [0.25, 0.3) is 11.0 Å². The van der Waals surface area contributed by atoms with Crippen LogP contribution in [0.3, 0.4) is 0 Å². The van der Waals surface area contributed by atoms with E-state index in [9.17, 15) is 9.59 Å². The van der Waals surface area contributed by atoms with Crippen LogP contribution in [-0.2, 0) is 11.8 Å². The largest absolute Gasteiger partial charge is 0.348 e. The first-order valence-electron chi connectivity index (χ1n) is 12.4. The van der Waals surface area contributed by atoms with Crippen LogP contribution in [0, 0.1) is 5.92 Å². The highest BCUT2D eigenvalue weighted by atomic mass is 16.2. The third-order valence-corrected chi connectivity index (χ3v) is 7.34. The number of carbonyl (C=O) groups excluding carboxylic acids is 1. The van der Waals surface area contributed by atoms with Gasteiger partial charge >= 0.3 is 5.69 Å². The highest BCUT2D eigenvalue weighted by Gasteiger charge is 2.32. The summed E-state index contributed by atoms with van der Waals surface area (Å²) in [6.45, 7) is 7.21. The summed E-state index contributed by atoms with van der Waals surface area (Å²) in [5, 5.41) is 4.08. The Balaban J connectivity index is 1.29. The molecule has 1 amide bonds. The van der Waals surface area contributed by atoms with Crippen molar-refractivity contribution in [3.8, 4) is 0 Å². The van der Waals surface area contributed by atoms with E-state index in [0.29, 0.717) is 17.6 Å². The molecule has 1 aliphatic carbocycles. The Morgan fingerprint density at radius 1 is 1.06 bits per heavy atom. The number of hydrogen-bond donors (Lipinski definition) is 1. The van der Waals surface area contributed by atoms with Gasteiger partial charge in [-0.15, -0.1) is 0 Å². The van der Waals surface area contributed by atoms with E-state index in [1.54, 1.807) is 20.2 Å². The molecule has 5 rings (SSSR count). The zero-order valence-corrected chi connectivity index (χ0v) is 20.6. The molecule has 2 atom stereocenters. The predicted octanol–water partition coefficient (Wildman–Crippen LogP) is 2.90. The molecule has 1 unspecified atom stereocenters. The van der Waals surface area contributed by atoms with E-state index in [1.165, 1.54) is 35.6 Å².